The quantitative estimate of drug-likeness (QED) is 0.615. The van der Waals surface area contributed by atoms with Crippen LogP contribution in [0, 0.1) is 5.92 Å². The predicted octanol–water partition coefficient (Wildman–Crippen LogP) is 3.00. The molecular formula is C12H21N. The first-order chi connectivity index (χ1) is 6.36. The largest absolute Gasteiger partial charge is 0.328 e. The minimum absolute atomic E-state index is 0.488. The Kier molecular flexibility index (Phi) is 3.05. The van der Waals surface area contributed by atoms with Gasteiger partial charge in [0.25, 0.3) is 0 Å². The van der Waals surface area contributed by atoms with E-state index in [1.165, 1.54) is 51.4 Å². The van der Waals surface area contributed by atoms with Crippen LogP contribution in [0.5, 0.6) is 0 Å². The molecule has 2 unspecified atom stereocenters. The zero-order chi connectivity index (χ0) is 9.10. The van der Waals surface area contributed by atoms with Gasteiger partial charge >= 0.3 is 0 Å². The summed E-state index contributed by atoms with van der Waals surface area (Å²) in [6.07, 6.45) is 13.3. The molecule has 1 fully saturated rings. The second-order valence-corrected chi connectivity index (χ2v) is 4.65. The van der Waals surface area contributed by atoms with E-state index in [-0.39, 0.29) is 0 Å². The fourth-order valence-corrected chi connectivity index (χ4v) is 2.80. The van der Waals surface area contributed by atoms with Gasteiger partial charge in [0.1, 0.15) is 0 Å². The summed E-state index contributed by atoms with van der Waals surface area (Å²) in [5, 5.41) is 0. The molecule has 0 heterocycles. The molecule has 0 bridgehead atoms. The second-order valence-electron chi connectivity index (χ2n) is 4.65. The summed E-state index contributed by atoms with van der Waals surface area (Å²) in [7, 11) is 0. The molecule has 0 aromatic rings. The van der Waals surface area contributed by atoms with E-state index in [1.54, 1.807) is 5.57 Å². The molecule has 0 aromatic carbocycles. The summed E-state index contributed by atoms with van der Waals surface area (Å²) in [5.74, 6) is 0.851. The molecule has 1 nitrogen and oxygen atoms in total. The van der Waals surface area contributed by atoms with Gasteiger partial charge in [0.05, 0.1) is 0 Å². The lowest BCUT2D eigenvalue weighted by molar-refractivity contribution is 0.348. The van der Waals surface area contributed by atoms with Gasteiger partial charge in [0.15, 0.2) is 0 Å². The highest BCUT2D eigenvalue weighted by molar-refractivity contribution is 5.10. The van der Waals surface area contributed by atoms with E-state index in [4.69, 9.17) is 5.73 Å². The number of nitrogens with two attached hydrogens (primary N) is 1. The minimum atomic E-state index is 0.488. The van der Waals surface area contributed by atoms with Crippen LogP contribution in [-0.2, 0) is 0 Å². The highest BCUT2D eigenvalue weighted by Crippen LogP contribution is 2.34. The smallest absolute Gasteiger partial charge is 0.00445 e. The number of allylic oxidation sites excluding steroid dienone is 2. The van der Waals surface area contributed by atoms with Crippen LogP contribution in [0.1, 0.15) is 51.4 Å². The molecule has 0 aliphatic heterocycles. The molecule has 1 heteroatoms. The Labute approximate surface area is 81.4 Å². The molecule has 2 aliphatic carbocycles. The molecule has 0 saturated heterocycles. The molecule has 0 aromatic heterocycles. The van der Waals surface area contributed by atoms with E-state index < -0.39 is 0 Å². The van der Waals surface area contributed by atoms with Crippen LogP contribution in [0.3, 0.4) is 0 Å². The predicted molar refractivity (Wildman–Crippen MR) is 56.5 cm³/mol. The molecule has 2 N–H and O–H groups in total. The van der Waals surface area contributed by atoms with Crippen LogP contribution in [0.25, 0.3) is 0 Å². The van der Waals surface area contributed by atoms with Crippen molar-refractivity contribution in [2.45, 2.75) is 57.4 Å². The van der Waals surface area contributed by atoms with Crippen LogP contribution in [0.4, 0.5) is 0 Å². The van der Waals surface area contributed by atoms with Crippen molar-refractivity contribution in [2.75, 3.05) is 0 Å². The van der Waals surface area contributed by atoms with E-state index in [0.29, 0.717) is 6.04 Å². The lowest BCUT2D eigenvalue weighted by atomic mass is 9.78. The maximum atomic E-state index is 6.00. The van der Waals surface area contributed by atoms with Crippen LogP contribution in [0.15, 0.2) is 11.6 Å². The normalized spacial score (nSPS) is 35.6. The van der Waals surface area contributed by atoms with Gasteiger partial charge in [-0.25, -0.2) is 0 Å². The van der Waals surface area contributed by atoms with Gasteiger partial charge in [0.2, 0.25) is 0 Å². The maximum absolute atomic E-state index is 6.00. The zero-order valence-corrected chi connectivity index (χ0v) is 8.47. The van der Waals surface area contributed by atoms with Gasteiger partial charge in [-0.2, -0.15) is 0 Å². The van der Waals surface area contributed by atoms with Crippen LogP contribution >= 0.6 is 0 Å². The summed E-state index contributed by atoms with van der Waals surface area (Å²) < 4.78 is 0. The van der Waals surface area contributed by atoms with Gasteiger partial charge in [-0.05, 0) is 50.9 Å². The van der Waals surface area contributed by atoms with E-state index in [1.807, 2.05) is 0 Å². The van der Waals surface area contributed by atoms with Gasteiger partial charge < -0.3 is 5.73 Å². The fourth-order valence-electron chi connectivity index (χ4n) is 2.80. The minimum Gasteiger partial charge on any atom is -0.328 e. The summed E-state index contributed by atoms with van der Waals surface area (Å²) in [5.41, 5.74) is 7.74. The Bertz CT molecular complexity index is 195. The van der Waals surface area contributed by atoms with E-state index >= 15 is 0 Å². The lowest BCUT2D eigenvalue weighted by Gasteiger charge is -2.30. The van der Waals surface area contributed by atoms with Crippen LogP contribution in [-0.4, -0.2) is 6.04 Å². The Morgan fingerprint density at radius 1 is 1.15 bits per heavy atom. The summed E-state index contributed by atoms with van der Waals surface area (Å²) in [6, 6.07) is 0.488. The highest BCUT2D eigenvalue weighted by atomic mass is 14.6. The van der Waals surface area contributed by atoms with Crippen molar-refractivity contribution in [3.63, 3.8) is 0 Å². The van der Waals surface area contributed by atoms with Gasteiger partial charge in [-0.1, -0.05) is 18.1 Å². The first-order valence-electron chi connectivity index (χ1n) is 5.81. The number of rotatable bonds is 1. The summed E-state index contributed by atoms with van der Waals surface area (Å²) in [4.78, 5) is 0. The van der Waals surface area contributed by atoms with E-state index in [2.05, 4.69) is 6.08 Å². The van der Waals surface area contributed by atoms with Crippen LogP contribution < -0.4 is 5.73 Å². The molecule has 2 rings (SSSR count). The van der Waals surface area contributed by atoms with Crippen molar-refractivity contribution in [3.05, 3.63) is 11.6 Å². The zero-order valence-electron chi connectivity index (χ0n) is 8.47. The Balaban J connectivity index is 1.94. The topological polar surface area (TPSA) is 26.0 Å². The maximum Gasteiger partial charge on any atom is 0.00445 e. The second kappa shape index (κ2) is 4.28. The number of hydrogen-bond acceptors (Lipinski definition) is 1. The highest BCUT2D eigenvalue weighted by Gasteiger charge is 2.22. The molecule has 2 atom stereocenters. The first kappa shape index (κ1) is 9.26. The molecule has 0 radical (unpaired) electrons. The Morgan fingerprint density at radius 2 is 2.08 bits per heavy atom. The lowest BCUT2D eigenvalue weighted by Crippen LogP contribution is -2.28. The van der Waals surface area contributed by atoms with Gasteiger partial charge in [0, 0.05) is 6.04 Å². The molecule has 1 saturated carbocycles. The standard InChI is InChI=1S/C12H21N/c13-12-8-4-7-11(9-12)10-5-2-1-3-6-10/h5,11-12H,1-4,6-9,13H2. The van der Waals surface area contributed by atoms with Crippen molar-refractivity contribution >= 4 is 0 Å². The fraction of sp³-hybridized carbons (Fsp3) is 0.833. The average molecular weight is 179 g/mol. The molecule has 0 spiro atoms. The van der Waals surface area contributed by atoms with Crippen molar-refractivity contribution in [2.24, 2.45) is 11.7 Å². The summed E-state index contributed by atoms with van der Waals surface area (Å²) >= 11 is 0. The van der Waals surface area contributed by atoms with Crippen LogP contribution in [0.2, 0.25) is 0 Å². The SMILES string of the molecule is NC1CCCC(C2=CCCCC2)C1. The first-order valence-corrected chi connectivity index (χ1v) is 5.81. The van der Waals surface area contributed by atoms with Gasteiger partial charge in [-0.3, -0.25) is 0 Å². The Hall–Kier alpha value is -0.300. The Morgan fingerprint density at radius 3 is 2.77 bits per heavy atom. The van der Waals surface area contributed by atoms with Crippen molar-refractivity contribution in [1.82, 2.24) is 0 Å². The molecular weight excluding hydrogens is 158 g/mol. The van der Waals surface area contributed by atoms with Crippen molar-refractivity contribution in [3.8, 4) is 0 Å². The monoisotopic (exact) mass is 179 g/mol. The average Bonchev–Trinajstić information content (AvgIpc) is 2.19. The third-order valence-corrected chi connectivity index (χ3v) is 3.57. The molecule has 74 valence electrons. The molecule has 13 heavy (non-hydrogen) atoms. The number of hydrogen-bond donors (Lipinski definition) is 1. The van der Waals surface area contributed by atoms with Crippen molar-refractivity contribution in [1.29, 1.82) is 0 Å². The van der Waals surface area contributed by atoms with E-state index in [0.717, 1.165) is 5.92 Å². The van der Waals surface area contributed by atoms with E-state index in [9.17, 15) is 0 Å². The van der Waals surface area contributed by atoms with Gasteiger partial charge in [-0.15, -0.1) is 0 Å². The summed E-state index contributed by atoms with van der Waals surface area (Å²) in [6.45, 7) is 0. The third-order valence-electron chi connectivity index (χ3n) is 3.57. The van der Waals surface area contributed by atoms with Crippen molar-refractivity contribution < 1.29 is 0 Å². The molecule has 2 aliphatic rings. The molecule has 0 amide bonds. The third kappa shape index (κ3) is 2.34.